The van der Waals surface area contributed by atoms with E-state index in [1.807, 2.05) is 0 Å². The zero-order valence-corrected chi connectivity index (χ0v) is 8.65. The van der Waals surface area contributed by atoms with Crippen molar-refractivity contribution in [2.75, 3.05) is 0 Å². The van der Waals surface area contributed by atoms with Crippen LogP contribution >= 0.6 is 0 Å². The van der Waals surface area contributed by atoms with Crippen LogP contribution in [0.3, 0.4) is 0 Å². The van der Waals surface area contributed by atoms with Crippen molar-refractivity contribution in [1.29, 1.82) is 0 Å². The molecule has 0 amide bonds. The molecule has 8 heteroatoms. The van der Waals surface area contributed by atoms with Crippen LogP contribution in [0.1, 0.15) is 0 Å². The normalized spacial score (nSPS) is 10.7. The third-order valence-electron chi connectivity index (χ3n) is 2.14. The number of benzene rings is 1. The molecule has 0 unspecified atom stereocenters. The van der Waals surface area contributed by atoms with Crippen LogP contribution in [0.2, 0.25) is 0 Å². The molecule has 0 atom stereocenters. The number of aromatic nitrogens is 2. The highest BCUT2D eigenvalue weighted by molar-refractivity contribution is 5.60. The van der Waals surface area contributed by atoms with Gasteiger partial charge in [-0.05, 0) is 34.6 Å². The summed E-state index contributed by atoms with van der Waals surface area (Å²) in [5.74, 6) is -1.63. The van der Waals surface area contributed by atoms with E-state index in [0.717, 1.165) is 0 Å². The van der Waals surface area contributed by atoms with E-state index in [2.05, 4.69) is 28.2 Å². The smallest absolute Gasteiger partial charge is 0.370 e. The minimum atomic E-state index is -0.878. The van der Waals surface area contributed by atoms with Crippen molar-refractivity contribution in [1.82, 2.24) is 10.3 Å². The van der Waals surface area contributed by atoms with Gasteiger partial charge in [0.15, 0.2) is 0 Å². The summed E-state index contributed by atoms with van der Waals surface area (Å²) in [6.45, 7) is 0. The summed E-state index contributed by atoms with van der Waals surface area (Å²) in [5.41, 5.74) is 1.07. The lowest BCUT2D eigenvalue weighted by atomic mass is 10.1. The number of rotatable bonds is 2. The first-order valence-electron chi connectivity index (χ1n) is 4.77. The molecule has 0 saturated heterocycles. The van der Waals surface area contributed by atoms with Gasteiger partial charge in [0.25, 0.3) is 11.8 Å². The summed E-state index contributed by atoms with van der Waals surface area (Å²) < 4.78 is 17.9. The molecule has 0 fully saturated rings. The summed E-state index contributed by atoms with van der Waals surface area (Å²) >= 11 is 0. The van der Waals surface area contributed by atoms with Gasteiger partial charge < -0.3 is 8.83 Å². The van der Waals surface area contributed by atoms with E-state index < -0.39 is 11.6 Å². The molecule has 0 saturated carbocycles. The first-order valence-corrected chi connectivity index (χ1v) is 4.77. The van der Waals surface area contributed by atoms with E-state index >= 15 is 0 Å². The first kappa shape index (κ1) is 10.3. The van der Waals surface area contributed by atoms with Crippen LogP contribution in [0.4, 0.5) is 0 Å². The largest absolute Gasteiger partial charge is 0.542 e. The lowest BCUT2D eigenvalue weighted by Gasteiger charge is -1.95. The zero-order valence-electron chi connectivity index (χ0n) is 8.65. The molecule has 3 aromatic rings. The lowest BCUT2D eigenvalue weighted by molar-refractivity contribution is 0.335. The fourth-order valence-corrected chi connectivity index (χ4v) is 1.37. The fourth-order valence-electron chi connectivity index (χ4n) is 1.37. The van der Waals surface area contributed by atoms with Crippen molar-refractivity contribution in [2.45, 2.75) is 0 Å². The third-order valence-corrected chi connectivity index (χ3v) is 2.14. The minimum Gasteiger partial charge on any atom is -0.370 e. The molecule has 0 radical (unpaired) electrons. The molecule has 8 nitrogen and oxygen atoms in total. The average Bonchev–Trinajstić information content (AvgIpc) is 2.98. The minimum absolute atomic E-state index is 0.0631. The second-order valence-corrected chi connectivity index (χ2v) is 3.26. The van der Waals surface area contributed by atoms with Crippen LogP contribution < -0.4 is 11.6 Å². The number of nitrogens with zero attached hydrogens (tertiary/aromatic N) is 2. The Morgan fingerprint density at radius 3 is 1.39 bits per heavy atom. The van der Waals surface area contributed by atoms with Gasteiger partial charge in [-0.15, -0.1) is 0 Å². The molecule has 18 heavy (non-hydrogen) atoms. The molecule has 0 N–H and O–H groups in total. The van der Waals surface area contributed by atoms with Crippen LogP contribution in [0.5, 0.6) is 0 Å². The number of hydrogen-bond donors (Lipinski definition) is 0. The van der Waals surface area contributed by atoms with Gasteiger partial charge in [-0.1, -0.05) is 0 Å². The highest BCUT2D eigenvalue weighted by atomic mass is 16.6. The summed E-state index contributed by atoms with van der Waals surface area (Å²) in [4.78, 5) is 21.4. The summed E-state index contributed by atoms with van der Waals surface area (Å²) in [6.07, 6.45) is 0. The predicted octanol–water partition coefficient (Wildman–Crippen LogP) is 0.903. The molecule has 0 aliphatic heterocycles. The second-order valence-electron chi connectivity index (χ2n) is 3.26. The Bertz CT molecular complexity index is 708. The molecule has 1 aromatic carbocycles. The van der Waals surface area contributed by atoms with E-state index in [4.69, 9.17) is 0 Å². The Morgan fingerprint density at radius 2 is 1.11 bits per heavy atom. The molecule has 90 valence electrons. The van der Waals surface area contributed by atoms with E-state index in [1.165, 1.54) is 0 Å². The standard InChI is InChI=1S/C10H4N2O6/c13-9-15-7(11-17-9)5-1-2-6(4-3-5)8-12-18-10(14)16-8/h1-4H. The molecular weight excluding hydrogens is 244 g/mol. The van der Waals surface area contributed by atoms with Gasteiger partial charge in [0.1, 0.15) is 0 Å². The first-order chi connectivity index (χ1) is 8.72. The van der Waals surface area contributed by atoms with Gasteiger partial charge in [-0.3, -0.25) is 9.05 Å². The molecule has 0 aliphatic rings. The maximum atomic E-state index is 10.7. The highest BCUT2D eigenvalue weighted by Crippen LogP contribution is 2.21. The average molecular weight is 248 g/mol. The van der Waals surface area contributed by atoms with Crippen molar-refractivity contribution >= 4 is 0 Å². The number of hydrogen-bond acceptors (Lipinski definition) is 8. The monoisotopic (exact) mass is 248 g/mol. The van der Waals surface area contributed by atoms with Crippen LogP contribution in [0, 0.1) is 0 Å². The van der Waals surface area contributed by atoms with Crippen molar-refractivity contribution in [3.05, 3.63) is 45.5 Å². The lowest BCUT2D eigenvalue weighted by Crippen LogP contribution is -1.86. The maximum absolute atomic E-state index is 10.7. The van der Waals surface area contributed by atoms with Gasteiger partial charge in [0.2, 0.25) is 0 Å². The van der Waals surface area contributed by atoms with Crippen molar-refractivity contribution in [3.63, 3.8) is 0 Å². The summed E-state index contributed by atoms with van der Waals surface area (Å²) in [7, 11) is 0. The Hall–Kier alpha value is -2.90. The Labute approximate surface area is 97.4 Å². The van der Waals surface area contributed by atoms with E-state index in [1.54, 1.807) is 24.3 Å². The molecule has 0 bridgehead atoms. The van der Waals surface area contributed by atoms with Crippen LogP contribution in [0.15, 0.2) is 51.7 Å². The van der Waals surface area contributed by atoms with Crippen molar-refractivity contribution in [2.24, 2.45) is 0 Å². The zero-order chi connectivity index (χ0) is 12.5. The predicted molar refractivity (Wildman–Crippen MR) is 54.5 cm³/mol. The molecule has 2 aromatic heterocycles. The molecule has 2 heterocycles. The molecule has 0 aliphatic carbocycles. The molecule has 0 spiro atoms. The molecular formula is C10H4N2O6. The van der Waals surface area contributed by atoms with Gasteiger partial charge in [0, 0.05) is 11.1 Å². The Balaban J connectivity index is 1.98. The van der Waals surface area contributed by atoms with E-state index in [-0.39, 0.29) is 11.8 Å². The van der Waals surface area contributed by atoms with Crippen LogP contribution in [-0.4, -0.2) is 10.3 Å². The fraction of sp³-hybridized carbons (Fsp3) is 0. The van der Waals surface area contributed by atoms with Crippen molar-refractivity contribution in [3.8, 4) is 22.9 Å². The van der Waals surface area contributed by atoms with Crippen LogP contribution in [-0.2, 0) is 0 Å². The molecule has 3 rings (SSSR count). The van der Waals surface area contributed by atoms with E-state index in [0.29, 0.717) is 11.1 Å². The van der Waals surface area contributed by atoms with Crippen molar-refractivity contribution < 1.29 is 17.9 Å². The third kappa shape index (κ3) is 1.75. The quantitative estimate of drug-likeness (QED) is 0.657. The summed E-state index contributed by atoms with van der Waals surface area (Å²) in [6, 6.07) is 6.41. The highest BCUT2D eigenvalue weighted by Gasteiger charge is 2.10. The topological polar surface area (TPSA) is 112 Å². The van der Waals surface area contributed by atoms with Gasteiger partial charge in [0.05, 0.1) is 0 Å². The SMILES string of the molecule is O=c1onc(-c2ccc(-c3noc(=O)o3)cc2)o1. The Morgan fingerprint density at radius 1 is 0.722 bits per heavy atom. The maximum Gasteiger partial charge on any atom is 0.542 e. The van der Waals surface area contributed by atoms with Gasteiger partial charge in [-0.2, -0.15) is 0 Å². The summed E-state index contributed by atoms with van der Waals surface area (Å²) in [5, 5.41) is 6.86. The van der Waals surface area contributed by atoms with E-state index in [9.17, 15) is 9.59 Å². The van der Waals surface area contributed by atoms with Crippen LogP contribution in [0.25, 0.3) is 22.9 Å². The Kier molecular flexibility index (Phi) is 2.19. The van der Waals surface area contributed by atoms with Gasteiger partial charge in [-0.25, -0.2) is 9.59 Å². The second kappa shape index (κ2) is 3.84. The van der Waals surface area contributed by atoms with Gasteiger partial charge >= 0.3 is 11.6 Å².